The number of piperidine rings is 1. The van der Waals surface area contributed by atoms with Crippen LogP contribution in [0.2, 0.25) is 5.02 Å². The van der Waals surface area contributed by atoms with Crippen molar-refractivity contribution in [1.82, 2.24) is 15.5 Å². The highest BCUT2D eigenvalue weighted by Gasteiger charge is 2.20. The van der Waals surface area contributed by atoms with Gasteiger partial charge in [0.15, 0.2) is 0 Å². The minimum absolute atomic E-state index is 0.101. The number of amides is 2. The zero-order chi connectivity index (χ0) is 16.5. The molecule has 0 radical (unpaired) electrons. The van der Waals surface area contributed by atoms with E-state index in [9.17, 15) is 4.79 Å². The Labute approximate surface area is 143 Å². The van der Waals surface area contributed by atoms with Gasteiger partial charge in [-0.1, -0.05) is 29.8 Å². The van der Waals surface area contributed by atoms with Crippen molar-refractivity contribution in [1.29, 1.82) is 0 Å². The largest absolute Gasteiger partial charge is 0.396 e. The summed E-state index contributed by atoms with van der Waals surface area (Å²) in [6, 6.07) is 7.84. The van der Waals surface area contributed by atoms with Crippen LogP contribution in [0, 0.1) is 5.92 Å². The zero-order valence-electron chi connectivity index (χ0n) is 13.4. The number of rotatable bonds is 7. The van der Waals surface area contributed by atoms with Crippen LogP contribution in [0.15, 0.2) is 24.3 Å². The summed E-state index contributed by atoms with van der Waals surface area (Å²) in [6.07, 6.45) is 2.76. The van der Waals surface area contributed by atoms with Gasteiger partial charge in [0.2, 0.25) is 0 Å². The van der Waals surface area contributed by atoms with Gasteiger partial charge >= 0.3 is 6.03 Å². The third kappa shape index (κ3) is 6.37. The molecule has 0 bridgehead atoms. The Balaban J connectivity index is 1.64. The highest BCUT2D eigenvalue weighted by Crippen LogP contribution is 2.21. The molecule has 0 saturated carbocycles. The van der Waals surface area contributed by atoms with Gasteiger partial charge in [-0.25, -0.2) is 4.79 Å². The summed E-state index contributed by atoms with van der Waals surface area (Å²) >= 11 is 6.21. The molecule has 1 heterocycles. The molecule has 23 heavy (non-hydrogen) atoms. The van der Waals surface area contributed by atoms with Crippen LogP contribution in [0.25, 0.3) is 0 Å². The average molecular weight is 340 g/mol. The summed E-state index contributed by atoms with van der Waals surface area (Å²) < 4.78 is 0. The van der Waals surface area contributed by atoms with E-state index in [1.165, 1.54) is 5.56 Å². The van der Waals surface area contributed by atoms with E-state index in [0.717, 1.165) is 37.5 Å². The molecule has 1 fully saturated rings. The third-order valence-electron chi connectivity index (χ3n) is 4.23. The van der Waals surface area contributed by atoms with Gasteiger partial charge in [0.1, 0.15) is 0 Å². The second-order valence-corrected chi connectivity index (χ2v) is 6.43. The Bertz CT molecular complexity index is 490. The summed E-state index contributed by atoms with van der Waals surface area (Å²) in [5, 5.41) is 15.2. The van der Waals surface area contributed by atoms with Crippen molar-refractivity contribution in [2.45, 2.75) is 25.8 Å². The predicted molar refractivity (Wildman–Crippen MR) is 92.6 cm³/mol. The third-order valence-corrected chi connectivity index (χ3v) is 4.60. The summed E-state index contributed by atoms with van der Waals surface area (Å²) in [7, 11) is 0. The molecular formula is C17H26ClN3O2. The highest BCUT2D eigenvalue weighted by atomic mass is 35.5. The number of hydrogen-bond acceptors (Lipinski definition) is 3. The van der Waals surface area contributed by atoms with Gasteiger partial charge in [0.25, 0.3) is 0 Å². The lowest BCUT2D eigenvalue weighted by atomic mass is 9.96. The maximum absolute atomic E-state index is 11.6. The highest BCUT2D eigenvalue weighted by molar-refractivity contribution is 6.31. The van der Waals surface area contributed by atoms with Crippen molar-refractivity contribution in [3.63, 3.8) is 0 Å². The molecule has 0 aliphatic carbocycles. The fourth-order valence-electron chi connectivity index (χ4n) is 2.80. The quantitative estimate of drug-likeness (QED) is 0.667. The average Bonchev–Trinajstić information content (AvgIpc) is 2.56. The van der Waals surface area contributed by atoms with Crippen molar-refractivity contribution in [2.75, 3.05) is 32.8 Å². The van der Waals surface area contributed by atoms with Crippen molar-refractivity contribution < 1.29 is 9.90 Å². The smallest absolute Gasteiger partial charge is 0.314 e. The maximum atomic E-state index is 11.6. The van der Waals surface area contributed by atoms with Crippen LogP contribution in [-0.2, 0) is 6.54 Å². The molecule has 0 aromatic heterocycles. The van der Waals surface area contributed by atoms with Crippen molar-refractivity contribution in [3.05, 3.63) is 34.9 Å². The first-order valence-corrected chi connectivity index (χ1v) is 8.65. The van der Waals surface area contributed by atoms with Gasteiger partial charge in [-0.05, 0) is 49.9 Å². The number of carbonyl (C=O) groups is 1. The molecule has 6 heteroatoms. The SMILES string of the molecule is O=C(NCCCO)NCC1CCN(Cc2ccccc2Cl)CC1. The van der Waals surface area contributed by atoms with Crippen LogP contribution in [0.1, 0.15) is 24.8 Å². The number of aliphatic hydroxyl groups is 1. The predicted octanol–water partition coefficient (Wildman–Crippen LogP) is 2.23. The first kappa shape index (κ1) is 18.0. The summed E-state index contributed by atoms with van der Waals surface area (Å²) in [6.45, 7) is 4.28. The molecule has 1 aromatic carbocycles. The first-order valence-electron chi connectivity index (χ1n) is 8.27. The monoisotopic (exact) mass is 339 g/mol. The van der Waals surface area contributed by atoms with Crippen LogP contribution in [0.3, 0.4) is 0 Å². The number of nitrogens with zero attached hydrogens (tertiary/aromatic N) is 1. The number of likely N-dealkylation sites (tertiary alicyclic amines) is 1. The van der Waals surface area contributed by atoms with Gasteiger partial charge in [-0.15, -0.1) is 0 Å². The van der Waals surface area contributed by atoms with E-state index in [1.807, 2.05) is 18.2 Å². The minimum atomic E-state index is -0.142. The van der Waals surface area contributed by atoms with Crippen LogP contribution < -0.4 is 10.6 Å². The molecule has 128 valence electrons. The summed E-state index contributed by atoms with van der Waals surface area (Å²) in [5.74, 6) is 0.529. The Kier molecular flexibility index (Phi) is 7.65. The fraction of sp³-hybridized carbons (Fsp3) is 0.588. The minimum Gasteiger partial charge on any atom is -0.396 e. The number of nitrogens with one attached hydrogen (secondary N) is 2. The lowest BCUT2D eigenvalue weighted by molar-refractivity contribution is 0.175. The second-order valence-electron chi connectivity index (χ2n) is 6.02. The Hall–Kier alpha value is -1.30. The van der Waals surface area contributed by atoms with Gasteiger partial charge in [0.05, 0.1) is 0 Å². The topological polar surface area (TPSA) is 64.6 Å². The van der Waals surface area contributed by atoms with E-state index >= 15 is 0 Å². The second kappa shape index (κ2) is 9.75. The Morgan fingerprint density at radius 2 is 2.00 bits per heavy atom. The van der Waals surface area contributed by atoms with Gasteiger partial charge in [-0.2, -0.15) is 0 Å². The van der Waals surface area contributed by atoms with E-state index in [1.54, 1.807) is 0 Å². The zero-order valence-corrected chi connectivity index (χ0v) is 14.2. The molecule has 1 saturated heterocycles. The first-order chi connectivity index (χ1) is 11.2. The molecule has 2 amide bonds. The van der Waals surface area contributed by atoms with Crippen LogP contribution in [0.5, 0.6) is 0 Å². The standard InChI is InChI=1S/C17H26ClN3O2/c18-16-5-2-1-4-15(16)13-21-9-6-14(7-10-21)12-20-17(23)19-8-3-11-22/h1-2,4-5,14,22H,3,6-13H2,(H2,19,20,23). The molecule has 1 aliphatic heterocycles. The molecule has 2 rings (SSSR count). The normalized spacial score (nSPS) is 16.3. The van der Waals surface area contributed by atoms with Gasteiger partial charge in [0, 0.05) is 31.3 Å². The molecule has 5 nitrogen and oxygen atoms in total. The van der Waals surface area contributed by atoms with Gasteiger partial charge in [-0.3, -0.25) is 4.90 Å². The van der Waals surface area contributed by atoms with Crippen LogP contribution in [-0.4, -0.2) is 48.8 Å². The lowest BCUT2D eigenvalue weighted by Crippen LogP contribution is -2.42. The molecule has 0 atom stereocenters. The van der Waals surface area contributed by atoms with Gasteiger partial charge < -0.3 is 15.7 Å². The number of benzene rings is 1. The van der Waals surface area contributed by atoms with E-state index in [-0.39, 0.29) is 12.6 Å². The van der Waals surface area contributed by atoms with E-state index in [2.05, 4.69) is 21.6 Å². The molecular weight excluding hydrogens is 314 g/mol. The van der Waals surface area contributed by atoms with Crippen LogP contribution in [0.4, 0.5) is 4.79 Å². The summed E-state index contributed by atoms with van der Waals surface area (Å²) in [4.78, 5) is 14.0. The molecule has 0 unspecified atom stereocenters. The molecule has 1 aromatic rings. The number of halogens is 1. The van der Waals surface area contributed by atoms with E-state index in [0.29, 0.717) is 25.4 Å². The lowest BCUT2D eigenvalue weighted by Gasteiger charge is -2.32. The van der Waals surface area contributed by atoms with Crippen molar-refractivity contribution in [3.8, 4) is 0 Å². The summed E-state index contributed by atoms with van der Waals surface area (Å²) in [5.41, 5.74) is 1.18. The van der Waals surface area contributed by atoms with Crippen molar-refractivity contribution in [2.24, 2.45) is 5.92 Å². The molecule has 0 spiro atoms. The molecule has 3 N–H and O–H groups in total. The fourth-order valence-corrected chi connectivity index (χ4v) is 2.99. The van der Waals surface area contributed by atoms with E-state index in [4.69, 9.17) is 16.7 Å². The van der Waals surface area contributed by atoms with Crippen LogP contribution >= 0.6 is 11.6 Å². The number of hydrogen-bond donors (Lipinski definition) is 3. The number of urea groups is 1. The number of aliphatic hydroxyl groups excluding tert-OH is 1. The van der Waals surface area contributed by atoms with Crippen molar-refractivity contribution >= 4 is 17.6 Å². The number of carbonyl (C=O) groups excluding carboxylic acids is 1. The maximum Gasteiger partial charge on any atom is 0.314 e. The Morgan fingerprint density at radius 1 is 1.26 bits per heavy atom. The molecule has 1 aliphatic rings. The van der Waals surface area contributed by atoms with E-state index < -0.39 is 0 Å². The Morgan fingerprint density at radius 3 is 2.70 bits per heavy atom.